The highest BCUT2D eigenvalue weighted by atomic mass is 32.2. The second kappa shape index (κ2) is 7.26. The highest BCUT2D eigenvalue weighted by molar-refractivity contribution is 8.00. The lowest BCUT2D eigenvalue weighted by molar-refractivity contribution is -0.117. The highest BCUT2D eigenvalue weighted by Gasteiger charge is 2.23. The first kappa shape index (κ1) is 16.8. The van der Waals surface area contributed by atoms with E-state index in [1.165, 1.54) is 6.07 Å². The summed E-state index contributed by atoms with van der Waals surface area (Å²) in [6, 6.07) is 12.9. The van der Waals surface area contributed by atoms with Gasteiger partial charge < -0.3 is 10.2 Å². The fourth-order valence-corrected chi connectivity index (χ4v) is 3.83. The van der Waals surface area contributed by atoms with Crippen molar-refractivity contribution in [3.05, 3.63) is 53.8 Å². The van der Waals surface area contributed by atoms with E-state index in [-0.39, 0.29) is 18.3 Å². The van der Waals surface area contributed by atoms with Crippen LogP contribution in [0.4, 0.5) is 15.8 Å². The van der Waals surface area contributed by atoms with E-state index in [9.17, 15) is 9.18 Å². The molecule has 0 spiro atoms. The number of hydrogen-bond acceptors (Lipinski definition) is 3. The number of aryl methyl sites for hydroxylation is 1. The molecule has 24 heavy (non-hydrogen) atoms. The van der Waals surface area contributed by atoms with Gasteiger partial charge in [0.2, 0.25) is 5.91 Å². The average molecular weight is 344 g/mol. The lowest BCUT2D eigenvalue weighted by Gasteiger charge is -2.23. The summed E-state index contributed by atoms with van der Waals surface area (Å²) in [5, 5.41) is 3.51. The van der Waals surface area contributed by atoms with Crippen LogP contribution >= 0.6 is 11.8 Å². The fourth-order valence-electron chi connectivity index (χ4n) is 2.72. The molecule has 126 valence electrons. The normalized spacial score (nSPS) is 17.1. The summed E-state index contributed by atoms with van der Waals surface area (Å²) in [6.07, 6.45) is 0.949. The van der Waals surface area contributed by atoms with Crippen LogP contribution in [-0.4, -0.2) is 24.2 Å². The van der Waals surface area contributed by atoms with E-state index < -0.39 is 0 Å². The van der Waals surface area contributed by atoms with E-state index in [2.05, 4.69) is 18.3 Å². The summed E-state index contributed by atoms with van der Waals surface area (Å²) in [5.41, 5.74) is 2.19. The Bertz CT molecular complexity index is 750. The van der Waals surface area contributed by atoms with Gasteiger partial charge in [-0.15, -0.1) is 11.8 Å². The molecule has 2 aromatic carbocycles. The van der Waals surface area contributed by atoms with Crippen molar-refractivity contribution in [3.8, 4) is 0 Å². The van der Waals surface area contributed by atoms with Crippen LogP contribution in [0.3, 0.4) is 0 Å². The van der Waals surface area contributed by atoms with E-state index in [1.54, 1.807) is 19.1 Å². The zero-order chi connectivity index (χ0) is 17.1. The first-order chi connectivity index (χ1) is 11.5. The fraction of sp³-hybridized carbons (Fsp3) is 0.316. The number of nitrogens with one attached hydrogen (secondary N) is 1. The predicted octanol–water partition coefficient (Wildman–Crippen LogP) is 4.46. The topological polar surface area (TPSA) is 32.3 Å². The van der Waals surface area contributed by atoms with Gasteiger partial charge >= 0.3 is 0 Å². The minimum absolute atomic E-state index is 0.00173. The maximum absolute atomic E-state index is 13.6. The Kier molecular flexibility index (Phi) is 5.09. The number of anilines is 2. The first-order valence-corrected chi connectivity index (χ1v) is 8.98. The van der Waals surface area contributed by atoms with Crippen LogP contribution in [0, 0.1) is 12.7 Å². The molecule has 5 heteroatoms. The van der Waals surface area contributed by atoms with Gasteiger partial charge in [0.25, 0.3) is 0 Å². The molecular formula is C19H21FN2OS. The zero-order valence-corrected chi connectivity index (χ0v) is 14.7. The molecule has 2 aromatic rings. The number of nitrogens with zero attached hydrogens (tertiary/aromatic N) is 1. The number of fused-ring (bicyclic) bond motifs is 1. The second-order valence-corrected chi connectivity index (χ2v) is 7.53. The molecule has 0 aromatic heterocycles. The number of thioether (sulfide) groups is 1. The lowest BCUT2D eigenvalue weighted by Crippen LogP contribution is -2.36. The Balaban J connectivity index is 1.73. The van der Waals surface area contributed by atoms with Gasteiger partial charge in [-0.3, -0.25) is 4.79 Å². The van der Waals surface area contributed by atoms with E-state index in [0.717, 1.165) is 17.0 Å². The standard InChI is InChI=1S/C19H21FN2OS/c1-13-7-8-15(11-16(13)20)21-12-19(23)22-10-9-14(2)24-18-6-4-3-5-17(18)22/h3-8,11,14,21H,9-10,12H2,1-2H3. The van der Waals surface area contributed by atoms with E-state index in [1.807, 2.05) is 34.9 Å². The van der Waals surface area contributed by atoms with Crippen molar-refractivity contribution in [2.45, 2.75) is 30.4 Å². The van der Waals surface area contributed by atoms with E-state index >= 15 is 0 Å². The molecule has 0 aliphatic carbocycles. The van der Waals surface area contributed by atoms with Crippen molar-refractivity contribution in [1.82, 2.24) is 0 Å². The number of para-hydroxylation sites is 1. The van der Waals surface area contributed by atoms with Gasteiger partial charge in [0.15, 0.2) is 0 Å². The summed E-state index contributed by atoms with van der Waals surface area (Å²) >= 11 is 1.81. The molecule has 3 rings (SSSR count). The number of carbonyl (C=O) groups is 1. The zero-order valence-electron chi connectivity index (χ0n) is 13.9. The molecule has 1 amide bonds. The Hall–Kier alpha value is -2.01. The monoisotopic (exact) mass is 344 g/mol. The highest BCUT2D eigenvalue weighted by Crippen LogP contribution is 2.37. The van der Waals surface area contributed by atoms with Crippen LogP contribution in [0.25, 0.3) is 0 Å². The number of benzene rings is 2. The number of halogens is 1. The third-order valence-corrected chi connectivity index (χ3v) is 5.40. The molecule has 3 nitrogen and oxygen atoms in total. The molecule has 1 aliphatic heterocycles. The van der Waals surface area contributed by atoms with E-state index in [0.29, 0.717) is 23.0 Å². The van der Waals surface area contributed by atoms with Crippen LogP contribution in [0.15, 0.2) is 47.4 Å². The third-order valence-electron chi connectivity index (χ3n) is 4.16. The molecule has 0 fully saturated rings. The van der Waals surface area contributed by atoms with Gasteiger partial charge in [0, 0.05) is 22.4 Å². The third kappa shape index (κ3) is 3.73. The first-order valence-electron chi connectivity index (χ1n) is 8.10. The van der Waals surface area contributed by atoms with Crippen LogP contribution in [0.5, 0.6) is 0 Å². The van der Waals surface area contributed by atoms with Crippen molar-refractivity contribution < 1.29 is 9.18 Å². The SMILES string of the molecule is Cc1ccc(NCC(=O)N2CCC(C)Sc3ccccc32)cc1F. The van der Waals surface area contributed by atoms with Crippen LogP contribution < -0.4 is 10.2 Å². The molecule has 0 radical (unpaired) electrons. The van der Waals surface area contributed by atoms with Gasteiger partial charge in [-0.05, 0) is 43.2 Å². The molecule has 0 bridgehead atoms. The minimum atomic E-state index is -0.266. The molecule has 1 unspecified atom stereocenters. The van der Waals surface area contributed by atoms with Crippen LogP contribution in [0.1, 0.15) is 18.9 Å². The van der Waals surface area contributed by atoms with Gasteiger partial charge in [-0.2, -0.15) is 0 Å². The van der Waals surface area contributed by atoms with Gasteiger partial charge in [-0.1, -0.05) is 25.1 Å². The second-order valence-electron chi connectivity index (χ2n) is 6.05. The largest absolute Gasteiger partial charge is 0.376 e. The number of rotatable bonds is 3. The van der Waals surface area contributed by atoms with Crippen molar-refractivity contribution in [2.24, 2.45) is 0 Å². The Labute approximate surface area is 146 Å². The number of hydrogen-bond donors (Lipinski definition) is 1. The maximum atomic E-state index is 13.6. The molecule has 0 saturated heterocycles. The lowest BCUT2D eigenvalue weighted by atomic mass is 10.2. The molecule has 1 N–H and O–H groups in total. The van der Waals surface area contributed by atoms with Gasteiger partial charge in [0.1, 0.15) is 5.82 Å². The van der Waals surface area contributed by atoms with Crippen molar-refractivity contribution >= 4 is 29.0 Å². The van der Waals surface area contributed by atoms with Crippen molar-refractivity contribution in [3.63, 3.8) is 0 Å². The smallest absolute Gasteiger partial charge is 0.246 e. The van der Waals surface area contributed by atoms with Crippen LogP contribution in [-0.2, 0) is 4.79 Å². The summed E-state index contributed by atoms with van der Waals surface area (Å²) in [7, 11) is 0. The average Bonchev–Trinajstić information content (AvgIpc) is 2.74. The molecule has 0 saturated carbocycles. The summed E-state index contributed by atoms with van der Waals surface area (Å²) in [5.74, 6) is -0.268. The Morgan fingerprint density at radius 2 is 2.12 bits per heavy atom. The number of amides is 1. The molecule has 1 aliphatic rings. The summed E-state index contributed by atoms with van der Waals surface area (Å²) in [4.78, 5) is 15.7. The quantitative estimate of drug-likeness (QED) is 0.892. The predicted molar refractivity (Wildman–Crippen MR) is 98.4 cm³/mol. The van der Waals surface area contributed by atoms with E-state index in [4.69, 9.17) is 0 Å². The van der Waals surface area contributed by atoms with Crippen molar-refractivity contribution in [2.75, 3.05) is 23.3 Å². The summed E-state index contributed by atoms with van der Waals surface area (Å²) in [6.45, 7) is 4.75. The Morgan fingerprint density at radius 1 is 1.33 bits per heavy atom. The van der Waals surface area contributed by atoms with Gasteiger partial charge in [0.05, 0.1) is 12.2 Å². The van der Waals surface area contributed by atoms with Crippen molar-refractivity contribution in [1.29, 1.82) is 0 Å². The number of carbonyl (C=O) groups excluding carboxylic acids is 1. The Morgan fingerprint density at radius 3 is 2.92 bits per heavy atom. The molecular weight excluding hydrogens is 323 g/mol. The molecule has 1 heterocycles. The minimum Gasteiger partial charge on any atom is -0.376 e. The summed E-state index contributed by atoms with van der Waals surface area (Å²) < 4.78 is 13.6. The maximum Gasteiger partial charge on any atom is 0.246 e. The van der Waals surface area contributed by atoms with Crippen LogP contribution in [0.2, 0.25) is 0 Å². The molecule has 1 atom stereocenters. The van der Waals surface area contributed by atoms with Gasteiger partial charge in [-0.25, -0.2) is 4.39 Å².